The molecule has 6 nitrogen and oxygen atoms in total. The molecule has 0 unspecified atom stereocenters. The first-order chi connectivity index (χ1) is 7.64. The first-order valence-electron chi connectivity index (χ1n) is 4.03. The van der Waals surface area contributed by atoms with Crippen molar-refractivity contribution in [1.82, 2.24) is 4.98 Å². The molecule has 1 aromatic rings. The monoisotopic (exact) mass is 286 g/mol. The Bertz CT molecular complexity index is 575. The van der Waals surface area contributed by atoms with Gasteiger partial charge >= 0.3 is 0 Å². The lowest BCUT2D eigenvalue weighted by Crippen LogP contribution is -2.06. The van der Waals surface area contributed by atoms with Gasteiger partial charge in [0.05, 0.1) is 4.92 Å². The summed E-state index contributed by atoms with van der Waals surface area (Å²) in [4.78, 5) is 12.5. The predicted octanol–water partition coefficient (Wildman–Crippen LogP) is 2.16. The molecule has 17 heavy (non-hydrogen) atoms. The van der Waals surface area contributed by atoms with Crippen LogP contribution in [0.25, 0.3) is 0 Å². The second kappa shape index (κ2) is 4.49. The summed E-state index contributed by atoms with van der Waals surface area (Å²) in [5, 5.41) is 9.72. The largest absolute Gasteiger partial charge is 0.299 e. The molecular weight excluding hydrogens is 282 g/mol. The van der Waals surface area contributed by atoms with Crippen LogP contribution in [0.4, 0.5) is 14.5 Å². The van der Waals surface area contributed by atoms with E-state index in [1.807, 2.05) is 0 Å². The van der Waals surface area contributed by atoms with Gasteiger partial charge in [-0.05, 0) is 13.0 Å². The summed E-state index contributed by atoms with van der Waals surface area (Å²) in [5.41, 5.74) is -2.38. The number of rotatable bonds is 3. The van der Waals surface area contributed by atoms with E-state index in [9.17, 15) is 27.3 Å². The fourth-order valence-electron chi connectivity index (χ4n) is 1.17. The molecule has 0 amide bonds. The van der Waals surface area contributed by atoms with E-state index in [0.29, 0.717) is 0 Å². The molecule has 94 valence electrons. The molecular formula is C7H5ClF2N2O4S. The highest BCUT2D eigenvalue weighted by atomic mass is 35.7. The minimum absolute atomic E-state index is 0.250. The van der Waals surface area contributed by atoms with Gasteiger partial charge in [0, 0.05) is 16.2 Å². The molecule has 0 atom stereocenters. The van der Waals surface area contributed by atoms with Gasteiger partial charge in [0.25, 0.3) is 21.2 Å². The molecule has 0 aromatic carbocycles. The standard InChI is InChI=1S/C7H5ClF2N2O4S/c1-3-2-4(17(8,15)16)11-5(7(9)10)6(3)12(13)14/h2,7H,1H3. The number of nitro groups is 1. The third kappa shape index (κ3) is 2.86. The molecule has 0 fully saturated rings. The third-order valence-electron chi connectivity index (χ3n) is 1.83. The van der Waals surface area contributed by atoms with Gasteiger partial charge in [-0.25, -0.2) is 22.2 Å². The van der Waals surface area contributed by atoms with Gasteiger partial charge in [0.1, 0.15) is 0 Å². The maximum absolute atomic E-state index is 12.5. The lowest BCUT2D eigenvalue weighted by atomic mass is 10.2. The Labute approximate surface area is 98.8 Å². The van der Waals surface area contributed by atoms with E-state index in [2.05, 4.69) is 4.98 Å². The van der Waals surface area contributed by atoms with Crippen molar-refractivity contribution in [1.29, 1.82) is 0 Å². The smallest absolute Gasteiger partial charge is 0.258 e. The van der Waals surface area contributed by atoms with Crippen LogP contribution < -0.4 is 0 Å². The Hall–Kier alpha value is -1.35. The second-order valence-electron chi connectivity index (χ2n) is 3.01. The van der Waals surface area contributed by atoms with Crippen molar-refractivity contribution in [2.75, 3.05) is 0 Å². The molecule has 0 aliphatic carbocycles. The van der Waals surface area contributed by atoms with Crippen LogP contribution in [-0.2, 0) is 9.05 Å². The number of pyridine rings is 1. The first-order valence-corrected chi connectivity index (χ1v) is 6.34. The summed E-state index contributed by atoms with van der Waals surface area (Å²) < 4.78 is 46.9. The van der Waals surface area contributed by atoms with E-state index in [-0.39, 0.29) is 5.56 Å². The van der Waals surface area contributed by atoms with Gasteiger partial charge in [0.15, 0.2) is 10.7 Å². The number of halogens is 3. The average molecular weight is 287 g/mol. The lowest BCUT2D eigenvalue weighted by molar-refractivity contribution is -0.387. The van der Waals surface area contributed by atoms with Gasteiger partial charge in [-0.15, -0.1) is 0 Å². The zero-order chi connectivity index (χ0) is 13.4. The second-order valence-corrected chi connectivity index (χ2v) is 5.52. The molecule has 1 rings (SSSR count). The Balaban J connectivity index is 3.64. The van der Waals surface area contributed by atoms with Gasteiger partial charge in [-0.1, -0.05) is 0 Å². The fourth-order valence-corrected chi connectivity index (χ4v) is 1.94. The minimum atomic E-state index is -4.32. The topological polar surface area (TPSA) is 90.2 Å². The van der Waals surface area contributed by atoms with E-state index >= 15 is 0 Å². The highest BCUT2D eigenvalue weighted by Crippen LogP contribution is 2.32. The number of hydrogen-bond acceptors (Lipinski definition) is 5. The van der Waals surface area contributed by atoms with Crippen molar-refractivity contribution in [3.8, 4) is 0 Å². The normalized spacial score (nSPS) is 11.8. The van der Waals surface area contributed by atoms with E-state index in [1.165, 1.54) is 0 Å². The van der Waals surface area contributed by atoms with Crippen LogP contribution >= 0.6 is 10.7 Å². The molecule has 0 bridgehead atoms. The van der Waals surface area contributed by atoms with Gasteiger partial charge < -0.3 is 0 Å². The number of alkyl halides is 2. The number of nitrogens with zero attached hydrogens (tertiary/aromatic N) is 2. The number of aryl methyl sites for hydroxylation is 1. The Kier molecular flexibility index (Phi) is 3.62. The molecule has 0 aliphatic rings. The van der Waals surface area contributed by atoms with Gasteiger partial charge in [-0.3, -0.25) is 10.1 Å². The number of aromatic nitrogens is 1. The highest BCUT2D eigenvalue weighted by Gasteiger charge is 2.29. The van der Waals surface area contributed by atoms with Gasteiger partial charge in [0.2, 0.25) is 0 Å². The summed E-state index contributed by atoms with van der Waals surface area (Å²) in [6.07, 6.45) is -3.27. The molecule has 0 aliphatic heterocycles. The van der Waals surface area contributed by atoms with Crippen LogP contribution in [0, 0.1) is 17.0 Å². The zero-order valence-electron chi connectivity index (χ0n) is 8.22. The van der Waals surface area contributed by atoms with Crippen molar-refractivity contribution >= 4 is 25.4 Å². The Morgan fingerprint density at radius 2 is 2.06 bits per heavy atom. The summed E-state index contributed by atoms with van der Waals surface area (Å²) in [7, 11) is 0.615. The first kappa shape index (κ1) is 13.7. The summed E-state index contributed by atoms with van der Waals surface area (Å²) in [6.45, 7) is 1.12. The predicted molar refractivity (Wildman–Crippen MR) is 53.6 cm³/mol. The Morgan fingerprint density at radius 3 is 2.41 bits per heavy atom. The van der Waals surface area contributed by atoms with Crippen LogP contribution in [0.5, 0.6) is 0 Å². The summed E-state index contributed by atoms with van der Waals surface area (Å²) >= 11 is 0. The molecule has 0 radical (unpaired) electrons. The molecule has 1 heterocycles. The van der Waals surface area contributed by atoms with Crippen molar-refractivity contribution in [2.24, 2.45) is 0 Å². The van der Waals surface area contributed by atoms with E-state index in [1.54, 1.807) is 0 Å². The number of hydrogen-bond donors (Lipinski definition) is 0. The maximum atomic E-state index is 12.5. The fraction of sp³-hybridized carbons (Fsp3) is 0.286. The zero-order valence-corrected chi connectivity index (χ0v) is 9.80. The quantitative estimate of drug-likeness (QED) is 0.482. The van der Waals surface area contributed by atoms with Crippen molar-refractivity contribution in [3.05, 3.63) is 27.4 Å². The van der Waals surface area contributed by atoms with Crippen LogP contribution in [0.1, 0.15) is 17.7 Å². The molecule has 0 saturated heterocycles. The molecule has 10 heteroatoms. The van der Waals surface area contributed by atoms with Crippen molar-refractivity contribution in [2.45, 2.75) is 18.4 Å². The van der Waals surface area contributed by atoms with Crippen LogP contribution in [0.2, 0.25) is 0 Å². The van der Waals surface area contributed by atoms with E-state index < -0.39 is 36.8 Å². The molecule has 0 spiro atoms. The average Bonchev–Trinajstić information content (AvgIpc) is 2.13. The lowest BCUT2D eigenvalue weighted by Gasteiger charge is -2.05. The highest BCUT2D eigenvalue weighted by molar-refractivity contribution is 8.13. The third-order valence-corrected chi connectivity index (χ3v) is 3.01. The van der Waals surface area contributed by atoms with E-state index in [0.717, 1.165) is 13.0 Å². The van der Waals surface area contributed by atoms with E-state index in [4.69, 9.17) is 10.7 Å². The van der Waals surface area contributed by atoms with Crippen molar-refractivity contribution < 1.29 is 22.1 Å². The van der Waals surface area contributed by atoms with Crippen molar-refractivity contribution in [3.63, 3.8) is 0 Å². The Morgan fingerprint density at radius 1 is 1.53 bits per heavy atom. The van der Waals surface area contributed by atoms with Gasteiger partial charge in [-0.2, -0.15) is 0 Å². The molecule has 0 saturated carbocycles. The van der Waals surface area contributed by atoms with Crippen LogP contribution in [0.3, 0.4) is 0 Å². The SMILES string of the molecule is Cc1cc(S(=O)(=O)Cl)nc(C(F)F)c1[N+](=O)[O-]. The maximum Gasteiger partial charge on any atom is 0.299 e. The molecule has 1 aromatic heterocycles. The molecule has 0 N–H and O–H groups in total. The summed E-state index contributed by atoms with van der Waals surface area (Å²) in [6, 6.07) is 0.770. The van der Waals surface area contributed by atoms with Crippen LogP contribution in [-0.4, -0.2) is 18.3 Å². The summed E-state index contributed by atoms with van der Waals surface area (Å²) in [5.74, 6) is 0. The van der Waals surface area contributed by atoms with Crippen LogP contribution in [0.15, 0.2) is 11.1 Å². The minimum Gasteiger partial charge on any atom is -0.258 e.